The first-order valence-electron chi connectivity index (χ1n) is 12.6. The second kappa shape index (κ2) is 11.2. The molecule has 0 saturated carbocycles. The molecule has 1 amide bonds. The highest BCUT2D eigenvalue weighted by atomic mass is 35.5. The Morgan fingerprint density at radius 1 is 0.800 bits per heavy atom. The topological polar surface area (TPSA) is 101 Å². The van der Waals surface area contributed by atoms with Gasteiger partial charge in [0.25, 0.3) is 5.91 Å². The molecule has 0 aromatic heterocycles. The van der Waals surface area contributed by atoms with Gasteiger partial charge in [0.2, 0.25) is 10.0 Å². The molecule has 10 heteroatoms. The van der Waals surface area contributed by atoms with Gasteiger partial charge < -0.3 is 4.90 Å². The van der Waals surface area contributed by atoms with Crippen molar-refractivity contribution in [3.63, 3.8) is 0 Å². The summed E-state index contributed by atoms with van der Waals surface area (Å²) in [5, 5.41) is 0.628. The van der Waals surface area contributed by atoms with E-state index in [2.05, 4.69) is 4.72 Å². The summed E-state index contributed by atoms with van der Waals surface area (Å²) < 4.78 is 53.1. The number of hydrogen-bond acceptors (Lipinski definition) is 5. The van der Waals surface area contributed by atoms with Crippen LogP contribution in [0.15, 0.2) is 107 Å². The van der Waals surface area contributed by atoms with Crippen molar-refractivity contribution in [2.75, 3.05) is 19.3 Å². The van der Waals surface area contributed by atoms with Gasteiger partial charge in [0.1, 0.15) is 0 Å². The van der Waals surface area contributed by atoms with Gasteiger partial charge in [0.05, 0.1) is 9.79 Å². The monoisotopic (exact) mass is 594 g/mol. The molecule has 1 aliphatic rings. The van der Waals surface area contributed by atoms with Gasteiger partial charge in [0.15, 0.2) is 9.84 Å². The number of rotatable bonds is 7. The van der Waals surface area contributed by atoms with Crippen molar-refractivity contribution in [3.05, 3.63) is 108 Å². The van der Waals surface area contributed by atoms with Crippen molar-refractivity contribution in [3.8, 4) is 22.3 Å². The van der Waals surface area contributed by atoms with Crippen LogP contribution in [0.1, 0.15) is 16.8 Å². The molecule has 1 N–H and O–H groups in total. The molecule has 1 fully saturated rings. The van der Waals surface area contributed by atoms with Gasteiger partial charge in [0, 0.05) is 41.5 Å². The molecule has 1 unspecified atom stereocenters. The summed E-state index contributed by atoms with van der Waals surface area (Å²) >= 11 is 5.95. The van der Waals surface area contributed by atoms with E-state index in [1.54, 1.807) is 89.8 Å². The molecule has 7 nitrogen and oxygen atoms in total. The van der Waals surface area contributed by atoms with Gasteiger partial charge in [-0.3, -0.25) is 4.79 Å². The van der Waals surface area contributed by atoms with Crippen LogP contribution in [0, 0.1) is 0 Å². The first-order chi connectivity index (χ1) is 19.0. The molecule has 40 heavy (non-hydrogen) atoms. The van der Waals surface area contributed by atoms with E-state index in [4.69, 9.17) is 11.6 Å². The Morgan fingerprint density at radius 3 is 2.00 bits per heavy atom. The van der Waals surface area contributed by atoms with Crippen molar-refractivity contribution in [2.45, 2.75) is 22.3 Å². The number of nitrogens with one attached hydrogen (secondary N) is 1. The number of sulfone groups is 1. The highest BCUT2D eigenvalue weighted by Crippen LogP contribution is 2.28. The highest BCUT2D eigenvalue weighted by Gasteiger charge is 2.30. The Morgan fingerprint density at radius 2 is 1.38 bits per heavy atom. The summed E-state index contributed by atoms with van der Waals surface area (Å²) in [6.07, 6.45) is 1.66. The number of amides is 1. The smallest absolute Gasteiger partial charge is 0.253 e. The van der Waals surface area contributed by atoms with Crippen LogP contribution in [0.2, 0.25) is 5.02 Å². The van der Waals surface area contributed by atoms with Crippen LogP contribution in [0.5, 0.6) is 0 Å². The zero-order chi connectivity index (χ0) is 28.5. The molecular formula is C30H27ClN2O5S2. The van der Waals surface area contributed by atoms with Crippen LogP contribution in [0.25, 0.3) is 22.3 Å². The normalized spacial score (nSPS) is 15.8. The van der Waals surface area contributed by atoms with E-state index in [9.17, 15) is 21.6 Å². The lowest BCUT2D eigenvalue weighted by molar-refractivity contribution is 0.0790. The molecule has 4 aromatic carbocycles. The fourth-order valence-electron chi connectivity index (χ4n) is 4.80. The third-order valence-electron chi connectivity index (χ3n) is 6.87. The molecule has 0 radical (unpaired) electrons. The zero-order valence-corrected chi connectivity index (χ0v) is 24.0. The van der Waals surface area contributed by atoms with Gasteiger partial charge in [-0.1, -0.05) is 66.2 Å². The first-order valence-corrected chi connectivity index (χ1v) is 16.3. The van der Waals surface area contributed by atoms with Gasteiger partial charge in [-0.2, -0.15) is 0 Å². The minimum absolute atomic E-state index is 0.153. The lowest BCUT2D eigenvalue weighted by Crippen LogP contribution is -2.38. The molecule has 206 valence electrons. The average Bonchev–Trinajstić information content (AvgIpc) is 3.40. The Balaban J connectivity index is 1.24. The predicted molar refractivity (Wildman–Crippen MR) is 157 cm³/mol. The van der Waals surface area contributed by atoms with E-state index >= 15 is 0 Å². The van der Waals surface area contributed by atoms with E-state index in [0.717, 1.165) is 17.4 Å². The molecule has 1 heterocycles. The number of nitrogens with zero attached hydrogens (tertiary/aromatic N) is 1. The van der Waals surface area contributed by atoms with Crippen LogP contribution in [-0.4, -0.2) is 53.0 Å². The van der Waals surface area contributed by atoms with Crippen molar-refractivity contribution in [1.82, 2.24) is 9.62 Å². The van der Waals surface area contributed by atoms with Gasteiger partial charge in [-0.05, 0) is 65.6 Å². The number of carbonyl (C=O) groups is 1. The Hall–Kier alpha value is -3.50. The molecule has 4 aromatic rings. The van der Waals surface area contributed by atoms with Crippen molar-refractivity contribution >= 4 is 37.4 Å². The van der Waals surface area contributed by atoms with E-state index in [1.807, 2.05) is 12.1 Å². The maximum Gasteiger partial charge on any atom is 0.253 e. The number of benzene rings is 4. The number of likely N-dealkylation sites (tertiary alicyclic amines) is 1. The Labute approximate surface area is 239 Å². The summed E-state index contributed by atoms with van der Waals surface area (Å²) in [7, 11) is -7.19. The van der Waals surface area contributed by atoms with E-state index < -0.39 is 25.9 Å². The van der Waals surface area contributed by atoms with Crippen LogP contribution < -0.4 is 4.72 Å². The minimum atomic E-state index is -3.77. The predicted octanol–water partition coefficient (Wildman–Crippen LogP) is 5.27. The standard InChI is InChI=1S/C30H27ClN2O5S2/c1-39(35,36)29-5-3-2-4-28(29)23-6-8-24(9-7-23)30(34)33-19-18-26(20-33)32-40(37,38)27-16-12-22(13-17-27)21-10-14-25(31)15-11-21/h2-17,26,32H,18-20H2,1H3. The van der Waals surface area contributed by atoms with Crippen LogP contribution >= 0.6 is 11.6 Å². The van der Waals surface area contributed by atoms with Crippen molar-refractivity contribution in [2.24, 2.45) is 0 Å². The third kappa shape index (κ3) is 6.13. The second-order valence-electron chi connectivity index (χ2n) is 9.74. The molecular weight excluding hydrogens is 568 g/mol. The van der Waals surface area contributed by atoms with Gasteiger partial charge >= 0.3 is 0 Å². The quantitative estimate of drug-likeness (QED) is 0.314. The molecule has 0 spiro atoms. The van der Waals surface area contributed by atoms with Crippen molar-refractivity contribution < 1.29 is 21.6 Å². The average molecular weight is 595 g/mol. The zero-order valence-electron chi connectivity index (χ0n) is 21.6. The Bertz CT molecular complexity index is 1750. The van der Waals surface area contributed by atoms with E-state index in [0.29, 0.717) is 34.7 Å². The second-order valence-corrected chi connectivity index (χ2v) is 13.9. The first kappa shape index (κ1) is 28.0. The largest absolute Gasteiger partial charge is 0.337 e. The lowest BCUT2D eigenvalue weighted by Gasteiger charge is -2.18. The Kier molecular flexibility index (Phi) is 7.83. The fourth-order valence-corrected chi connectivity index (χ4v) is 7.10. The van der Waals surface area contributed by atoms with E-state index in [-0.39, 0.29) is 22.2 Å². The van der Waals surface area contributed by atoms with Crippen LogP contribution in [0.4, 0.5) is 0 Å². The minimum Gasteiger partial charge on any atom is -0.337 e. The maximum atomic E-state index is 13.1. The molecule has 5 rings (SSSR count). The molecule has 0 bridgehead atoms. The SMILES string of the molecule is CS(=O)(=O)c1ccccc1-c1ccc(C(=O)N2CCC(NS(=O)(=O)c3ccc(-c4ccc(Cl)cc4)cc3)C2)cc1. The summed E-state index contributed by atoms with van der Waals surface area (Å²) in [5.74, 6) is -0.211. The number of halogens is 1. The van der Waals surface area contributed by atoms with Crippen LogP contribution in [0.3, 0.4) is 0 Å². The molecule has 1 aliphatic heterocycles. The number of hydrogen-bond donors (Lipinski definition) is 1. The molecule has 1 atom stereocenters. The summed E-state index contributed by atoms with van der Waals surface area (Å²) in [4.78, 5) is 15.1. The lowest BCUT2D eigenvalue weighted by atomic mass is 10.0. The fraction of sp³-hybridized carbons (Fsp3) is 0.167. The van der Waals surface area contributed by atoms with Gasteiger partial charge in [-0.25, -0.2) is 21.6 Å². The third-order valence-corrected chi connectivity index (χ3v) is 9.81. The van der Waals surface area contributed by atoms with Crippen molar-refractivity contribution in [1.29, 1.82) is 0 Å². The summed E-state index contributed by atoms with van der Waals surface area (Å²) in [5.41, 5.74) is 3.51. The van der Waals surface area contributed by atoms with Crippen LogP contribution in [-0.2, 0) is 19.9 Å². The summed E-state index contributed by atoms with van der Waals surface area (Å²) in [6.45, 7) is 0.666. The molecule has 0 aliphatic carbocycles. The maximum absolute atomic E-state index is 13.1. The summed E-state index contributed by atoms with van der Waals surface area (Å²) in [6, 6.07) is 27.0. The molecule has 1 saturated heterocycles. The van der Waals surface area contributed by atoms with Gasteiger partial charge in [-0.15, -0.1) is 0 Å². The number of sulfonamides is 1. The highest BCUT2D eigenvalue weighted by molar-refractivity contribution is 7.91. The van der Waals surface area contributed by atoms with E-state index in [1.165, 1.54) is 0 Å². The number of carbonyl (C=O) groups excluding carboxylic acids is 1.